The van der Waals surface area contributed by atoms with Crippen LogP contribution in [-0.4, -0.2) is 27.5 Å². The molecule has 6 nitrogen and oxygen atoms in total. The number of furan rings is 1. The Bertz CT molecular complexity index is 1090. The monoisotopic (exact) mass is 405 g/mol. The second-order valence-corrected chi connectivity index (χ2v) is 7.93. The van der Waals surface area contributed by atoms with Gasteiger partial charge in [-0.3, -0.25) is 0 Å². The fourth-order valence-corrected chi connectivity index (χ4v) is 3.86. The van der Waals surface area contributed by atoms with Gasteiger partial charge in [-0.15, -0.1) is 0 Å². The van der Waals surface area contributed by atoms with Crippen molar-refractivity contribution < 1.29 is 26.8 Å². The van der Waals surface area contributed by atoms with Crippen LogP contribution in [0.3, 0.4) is 0 Å². The van der Waals surface area contributed by atoms with Crippen molar-refractivity contribution in [2.24, 2.45) is 0 Å². The highest BCUT2D eigenvalue weighted by Gasteiger charge is 2.22. The van der Waals surface area contributed by atoms with Gasteiger partial charge in [0.1, 0.15) is 11.8 Å². The number of rotatable bonds is 7. The SMILES string of the molecule is CCOC(=O)c1oc2ccc(S(=O)(=O)NCC(F)c3ccccc3)cc2c1C. The van der Waals surface area contributed by atoms with Crippen molar-refractivity contribution in [2.75, 3.05) is 13.2 Å². The molecule has 1 aromatic heterocycles. The maximum atomic E-state index is 14.3. The molecule has 0 aliphatic carbocycles. The van der Waals surface area contributed by atoms with Crippen molar-refractivity contribution in [2.45, 2.75) is 24.9 Å². The minimum absolute atomic E-state index is 0.0345. The predicted octanol–water partition coefficient (Wildman–Crippen LogP) is 3.91. The van der Waals surface area contributed by atoms with Gasteiger partial charge in [-0.1, -0.05) is 30.3 Å². The minimum Gasteiger partial charge on any atom is -0.460 e. The van der Waals surface area contributed by atoms with E-state index in [9.17, 15) is 17.6 Å². The number of hydrogen-bond donors (Lipinski definition) is 1. The van der Waals surface area contributed by atoms with Gasteiger partial charge >= 0.3 is 5.97 Å². The van der Waals surface area contributed by atoms with Gasteiger partial charge in [-0.25, -0.2) is 22.3 Å². The zero-order chi connectivity index (χ0) is 20.3. The predicted molar refractivity (Wildman–Crippen MR) is 102 cm³/mol. The molecule has 0 spiro atoms. The zero-order valence-corrected chi connectivity index (χ0v) is 16.3. The number of sulfonamides is 1. The van der Waals surface area contributed by atoms with E-state index in [1.54, 1.807) is 44.2 Å². The van der Waals surface area contributed by atoms with Crippen molar-refractivity contribution in [3.05, 3.63) is 65.4 Å². The Balaban J connectivity index is 1.83. The lowest BCUT2D eigenvalue weighted by Gasteiger charge is -2.11. The topological polar surface area (TPSA) is 85.6 Å². The molecule has 0 aliphatic rings. The van der Waals surface area contributed by atoms with E-state index >= 15 is 0 Å². The highest BCUT2D eigenvalue weighted by Crippen LogP contribution is 2.28. The van der Waals surface area contributed by atoms with E-state index in [1.807, 2.05) is 0 Å². The normalized spacial score (nSPS) is 12.8. The summed E-state index contributed by atoms with van der Waals surface area (Å²) in [5.74, 6) is -0.575. The average Bonchev–Trinajstić information content (AvgIpc) is 3.03. The largest absolute Gasteiger partial charge is 0.460 e. The van der Waals surface area contributed by atoms with E-state index in [1.165, 1.54) is 18.2 Å². The van der Waals surface area contributed by atoms with E-state index in [-0.39, 0.29) is 23.8 Å². The molecule has 0 amide bonds. The zero-order valence-electron chi connectivity index (χ0n) is 15.4. The van der Waals surface area contributed by atoms with Crippen molar-refractivity contribution in [1.29, 1.82) is 0 Å². The van der Waals surface area contributed by atoms with Gasteiger partial charge in [0.05, 0.1) is 11.5 Å². The Morgan fingerprint density at radius 3 is 2.61 bits per heavy atom. The third-order valence-electron chi connectivity index (χ3n) is 4.29. The first kappa shape index (κ1) is 20.0. The number of ether oxygens (including phenoxy) is 1. The van der Waals surface area contributed by atoms with Crippen LogP contribution in [0.4, 0.5) is 4.39 Å². The second-order valence-electron chi connectivity index (χ2n) is 6.16. The van der Waals surface area contributed by atoms with Gasteiger partial charge in [0, 0.05) is 17.5 Å². The molecule has 148 valence electrons. The first-order chi connectivity index (χ1) is 13.3. The summed E-state index contributed by atoms with van der Waals surface area (Å²) in [4.78, 5) is 11.9. The molecule has 1 atom stereocenters. The number of alkyl halides is 1. The average molecular weight is 405 g/mol. The Kier molecular flexibility index (Phi) is 5.81. The van der Waals surface area contributed by atoms with Crippen LogP contribution in [0.25, 0.3) is 11.0 Å². The van der Waals surface area contributed by atoms with Crippen LogP contribution in [-0.2, 0) is 14.8 Å². The van der Waals surface area contributed by atoms with Gasteiger partial charge in [-0.2, -0.15) is 0 Å². The van der Waals surface area contributed by atoms with Crippen molar-refractivity contribution in [3.63, 3.8) is 0 Å². The van der Waals surface area contributed by atoms with E-state index in [0.717, 1.165) is 0 Å². The highest BCUT2D eigenvalue weighted by molar-refractivity contribution is 7.89. The standard InChI is InChI=1S/C20H20FNO5S/c1-3-26-20(23)19-13(2)16-11-15(9-10-18(16)27-19)28(24,25)22-12-17(21)14-7-5-4-6-8-14/h4-11,17,22H,3,12H2,1-2H3. The summed E-state index contributed by atoms with van der Waals surface area (Å²) in [5, 5.41) is 0.478. The Morgan fingerprint density at radius 1 is 1.21 bits per heavy atom. The lowest BCUT2D eigenvalue weighted by Crippen LogP contribution is -2.27. The molecule has 1 unspecified atom stereocenters. The minimum atomic E-state index is -3.94. The molecule has 28 heavy (non-hydrogen) atoms. The number of carbonyl (C=O) groups excluding carboxylic acids is 1. The Morgan fingerprint density at radius 2 is 1.93 bits per heavy atom. The molecule has 3 aromatic rings. The van der Waals surface area contributed by atoms with Gasteiger partial charge in [0.2, 0.25) is 15.8 Å². The molecule has 1 N–H and O–H groups in total. The summed E-state index contributed by atoms with van der Waals surface area (Å²) in [6.45, 7) is 3.14. The summed E-state index contributed by atoms with van der Waals surface area (Å²) in [6.07, 6.45) is -1.47. The quantitative estimate of drug-likeness (QED) is 0.603. The third-order valence-corrected chi connectivity index (χ3v) is 5.71. The smallest absolute Gasteiger partial charge is 0.374 e. The number of hydrogen-bond acceptors (Lipinski definition) is 5. The molecular weight excluding hydrogens is 385 g/mol. The first-order valence-electron chi connectivity index (χ1n) is 8.72. The van der Waals surface area contributed by atoms with E-state index < -0.39 is 22.2 Å². The van der Waals surface area contributed by atoms with Crippen LogP contribution in [0.15, 0.2) is 57.8 Å². The van der Waals surface area contributed by atoms with Gasteiger partial charge in [0.15, 0.2) is 0 Å². The third kappa shape index (κ3) is 4.07. The van der Waals surface area contributed by atoms with Crippen LogP contribution in [0.5, 0.6) is 0 Å². The molecule has 0 aliphatic heterocycles. The fraction of sp³-hybridized carbons (Fsp3) is 0.250. The number of benzene rings is 2. The molecule has 1 heterocycles. The number of nitrogens with one attached hydrogen (secondary N) is 1. The van der Waals surface area contributed by atoms with Crippen LogP contribution in [0.1, 0.15) is 34.8 Å². The van der Waals surface area contributed by atoms with Crippen LogP contribution in [0, 0.1) is 6.92 Å². The molecule has 8 heteroatoms. The maximum Gasteiger partial charge on any atom is 0.374 e. The molecule has 2 aromatic carbocycles. The summed E-state index contributed by atoms with van der Waals surface area (Å²) < 4.78 is 52.1. The van der Waals surface area contributed by atoms with Gasteiger partial charge in [0.25, 0.3) is 0 Å². The first-order valence-corrected chi connectivity index (χ1v) is 10.2. The molecule has 3 rings (SSSR count). The lowest BCUT2D eigenvalue weighted by molar-refractivity contribution is 0.0491. The van der Waals surface area contributed by atoms with E-state index in [0.29, 0.717) is 22.1 Å². The molecule has 0 fully saturated rings. The molecule has 0 radical (unpaired) electrons. The van der Waals surface area contributed by atoms with Gasteiger partial charge in [-0.05, 0) is 37.6 Å². The van der Waals surface area contributed by atoms with Crippen molar-refractivity contribution in [1.82, 2.24) is 4.72 Å². The molecule has 0 bridgehead atoms. The summed E-state index contributed by atoms with van der Waals surface area (Å²) in [6, 6.07) is 12.5. The van der Waals surface area contributed by atoms with Crippen LogP contribution in [0.2, 0.25) is 0 Å². The molecular formula is C20H20FNO5S. The second kappa shape index (κ2) is 8.12. The number of aryl methyl sites for hydroxylation is 1. The summed E-state index contributed by atoms with van der Waals surface area (Å²) in [5.41, 5.74) is 1.25. The Hall–Kier alpha value is -2.71. The Labute approximate surface area is 162 Å². The van der Waals surface area contributed by atoms with E-state index in [4.69, 9.17) is 9.15 Å². The number of carbonyl (C=O) groups is 1. The van der Waals surface area contributed by atoms with Crippen molar-refractivity contribution in [3.8, 4) is 0 Å². The van der Waals surface area contributed by atoms with E-state index in [2.05, 4.69) is 4.72 Å². The summed E-state index contributed by atoms with van der Waals surface area (Å²) in [7, 11) is -3.94. The van der Waals surface area contributed by atoms with Crippen molar-refractivity contribution >= 4 is 27.0 Å². The van der Waals surface area contributed by atoms with Gasteiger partial charge < -0.3 is 9.15 Å². The molecule has 0 saturated heterocycles. The highest BCUT2D eigenvalue weighted by atomic mass is 32.2. The maximum absolute atomic E-state index is 14.3. The molecule has 0 saturated carbocycles. The van der Waals surface area contributed by atoms with Crippen LogP contribution >= 0.6 is 0 Å². The fourth-order valence-electron chi connectivity index (χ4n) is 2.80. The number of halogens is 1. The number of esters is 1. The van der Waals surface area contributed by atoms with Crippen LogP contribution < -0.4 is 4.72 Å². The number of fused-ring (bicyclic) bond motifs is 1. The summed E-state index contributed by atoms with van der Waals surface area (Å²) >= 11 is 0. The lowest BCUT2D eigenvalue weighted by atomic mass is 10.1.